The Hall–Kier alpha value is -2.51. The number of benzene rings is 2. The van der Waals surface area contributed by atoms with Crippen molar-refractivity contribution in [2.45, 2.75) is 51.0 Å². The van der Waals surface area contributed by atoms with Gasteiger partial charge in [-0.25, -0.2) is 9.97 Å². The van der Waals surface area contributed by atoms with Crippen LogP contribution in [0.2, 0.25) is 10.2 Å². The quantitative estimate of drug-likeness (QED) is 0.270. The van der Waals surface area contributed by atoms with Crippen molar-refractivity contribution in [3.63, 3.8) is 0 Å². The summed E-state index contributed by atoms with van der Waals surface area (Å²) >= 11 is 6.24. The second-order valence-corrected chi connectivity index (χ2v) is 14.6. The first kappa shape index (κ1) is 23.2. The minimum absolute atomic E-state index is 0.0152. The molecule has 0 radical (unpaired) electrons. The van der Waals surface area contributed by atoms with Crippen LogP contribution in [0.3, 0.4) is 0 Å². The molecule has 0 unspecified atom stereocenters. The number of nitrogens with zero attached hydrogens (tertiary/aromatic N) is 3. The van der Waals surface area contributed by atoms with Gasteiger partial charge >= 0.3 is 0 Å². The van der Waals surface area contributed by atoms with Gasteiger partial charge in [0.2, 0.25) is 0 Å². The van der Waals surface area contributed by atoms with E-state index >= 15 is 0 Å². The smallest absolute Gasteiger partial charge is 0.261 e. The summed E-state index contributed by atoms with van der Waals surface area (Å²) in [6.07, 6.45) is 5.25. The fraction of sp³-hybridized carbons (Fsp3) is 0.333. The van der Waals surface area contributed by atoms with Crippen LogP contribution in [0.5, 0.6) is 0 Å². The predicted molar refractivity (Wildman–Crippen MR) is 139 cm³/mol. The molecule has 0 N–H and O–H groups in total. The molecule has 5 rings (SSSR count). The molecule has 34 heavy (non-hydrogen) atoms. The summed E-state index contributed by atoms with van der Waals surface area (Å²) in [5, 5.41) is 3.82. The molecule has 4 aromatic rings. The van der Waals surface area contributed by atoms with Crippen molar-refractivity contribution in [3.8, 4) is 0 Å². The number of fused-ring (bicyclic) bond motifs is 1. The lowest BCUT2D eigenvalue weighted by molar-refractivity contribution is -0.0173. The zero-order valence-electron chi connectivity index (χ0n) is 19.8. The van der Waals surface area contributed by atoms with Crippen LogP contribution in [0.1, 0.15) is 39.8 Å². The maximum atomic E-state index is 7.08. The van der Waals surface area contributed by atoms with Crippen molar-refractivity contribution < 1.29 is 9.16 Å². The molecular formula is C27H30ClN3O2Si. The number of halogens is 1. The predicted octanol–water partition coefficient (Wildman–Crippen LogP) is 5.34. The van der Waals surface area contributed by atoms with E-state index in [0.717, 1.165) is 23.9 Å². The zero-order valence-corrected chi connectivity index (χ0v) is 21.6. The van der Waals surface area contributed by atoms with E-state index < -0.39 is 8.32 Å². The molecule has 5 nitrogen and oxygen atoms in total. The van der Waals surface area contributed by atoms with E-state index in [9.17, 15) is 0 Å². The maximum Gasteiger partial charge on any atom is 0.261 e. The summed E-state index contributed by atoms with van der Waals surface area (Å²) in [4.78, 5) is 8.52. The number of hydrogen-bond acceptors (Lipinski definition) is 4. The summed E-state index contributed by atoms with van der Waals surface area (Å²) in [7, 11) is -2.58. The van der Waals surface area contributed by atoms with Crippen molar-refractivity contribution in [2.75, 3.05) is 6.61 Å². The van der Waals surface area contributed by atoms with Crippen molar-refractivity contribution in [2.24, 2.45) is 0 Å². The Labute approximate surface area is 206 Å². The van der Waals surface area contributed by atoms with Gasteiger partial charge in [0, 0.05) is 6.20 Å². The molecule has 3 heterocycles. The first-order chi connectivity index (χ1) is 16.4. The summed E-state index contributed by atoms with van der Waals surface area (Å²) in [6, 6.07) is 23.4. The molecule has 1 fully saturated rings. The Morgan fingerprint density at radius 1 is 0.971 bits per heavy atom. The van der Waals surface area contributed by atoms with Gasteiger partial charge in [0.05, 0.1) is 18.1 Å². The molecule has 1 saturated heterocycles. The molecule has 0 saturated carbocycles. The Bertz CT molecular complexity index is 1220. The van der Waals surface area contributed by atoms with Gasteiger partial charge in [-0.2, -0.15) is 0 Å². The largest absolute Gasteiger partial charge is 0.405 e. The summed E-state index contributed by atoms with van der Waals surface area (Å²) in [5.41, 5.74) is 0.804. The minimum Gasteiger partial charge on any atom is -0.405 e. The zero-order chi connectivity index (χ0) is 23.8. The second-order valence-electron chi connectivity index (χ2n) is 9.89. The SMILES string of the molecule is CC(C)(C)[Si](OC[C@@H]1CC[C@H](n2ccc3c(Cl)ncnc32)O1)(c1ccccc1)c1ccccc1. The van der Waals surface area contributed by atoms with Crippen LogP contribution in [0.4, 0.5) is 0 Å². The molecule has 0 aliphatic carbocycles. The first-order valence-corrected chi connectivity index (χ1v) is 14.1. The summed E-state index contributed by atoms with van der Waals surface area (Å²) in [6.45, 7) is 7.45. The van der Waals surface area contributed by atoms with Crippen molar-refractivity contribution in [3.05, 3.63) is 84.4 Å². The number of aromatic nitrogens is 3. The Balaban J connectivity index is 1.42. The van der Waals surface area contributed by atoms with E-state index in [1.54, 1.807) is 0 Å². The lowest BCUT2D eigenvalue weighted by atomic mass is 10.2. The molecule has 2 aromatic carbocycles. The fourth-order valence-corrected chi connectivity index (χ4v) is 9.95. The van der Waals surface area contributed by atoms with Crippen LogP contribution >= 0.6 is 11.6 Å². The summed E-state index contributed by atoms with van der Waals surface area (Å²) in [5.74, 6) is 0. The van der Waals surface area contributed by atoms with Crippen LogP contribution in [0.25, 0.3) is 11.0 Å². The Morgan fingerprint density at radius 3 is 2.24 bits per heavy atom. The highest BCUT2D eigenvalue weighted by Crippen LogP contribution is 2.38. The van der Waals surface area contributed by atoms with Crippen LogP contribution in [0, 0.1) is 0 Å². The average molecular weight is 492 g/mol. The molecule has 2 aromatic heterocycles. The average Bonchev–Trinajstić information content (AvgIpc) is 3.48. The van der Waals surface area contributed by atoms with Gasteiger partial charge in [-0.1, -0.05) is 93.0 Å². The third-order valence-electron chi connectivity index (χ3n) is 6.76. The molecule has 0 spiro atoms. The van der Waals surface area contributed by atoms with Crippen molar-refractivity contribution in [1.29, 1.82) is 0 Å². The van der Waals surface area contributed by atoms with Crippen LogP contribution in [-0.4, -0.2) is 35.6 Å². The Morgan fingerprint density at radius 2 is 1.62 bits per heavy atom. The van der Waals surface area contributed by atoms with Crippen LogP contribution < -0.4 is 10.4 Å². The molecule has 2 atom stereocenters. The number of hydrogen-bond donors (Lipinski definition) is 0. The third kappa shape index (κ3) is 4.09. The molecule has 1 aliphatic rings. The van der Waals surface area contributed by atoms with E-state index in [1.807, 2.05) is 12.3 Å². The van der Waals surface area contributed by atoms with E-state index in [1.165, 1.54) is 16.7 Å². The molecule has 0 amide bonds. The number of ether oxygens (including phenoxy) is 1. The Kier molecular flexibility index (Phi) is 6.33. The second kappa shape index (κ2) is 9.27. The summed E-state index contributed by atoms with van der Waals surface area (Å²) < 4.78 is 15.6. The van der Waals surface area contributed by atoms with Gasteiger partial charge in [-0.15, -0.1) is 0 Å². The molecule has 1 aliphatic heterocycles. The van der Waals surface area contributed by atoms with E-state index in [-0.39, 0.29) is 17.4 Å². The van der Waals surface area contributed by atoms with Crippen molar-refractivity contribution >= 4 is 41.3 Å². The highest BCUT2D eigenvalue weighted by atomic mass is 35.5. The third-order valence-corrected chi connectivity index (χ3v) is 12.1. The monoisotopic (exact) mass is 491 g/mol. The number of rotatable bonds is 6. The lowest BCUT2D eigenvalue weighted by Gasteiger charge is -2.43. The van der Waals surface area contributed by atoms with Crippen molar-refractivity contribution in [1.82, 2.24) is 14.5 Å². The normalized spacial score (nSPS) is 19.1. The van der Waals surface area contributed by atoms with Gasteiger partial charge in [-0.05, 0) is 34.3 Å². The van der Waals surface area contributed by atoms with Gasteiger partial charge in [-0.3, -0.25) is 0 Å². The molecule has 7 heteroatoms. The molecule has 176 valence electrons. The minimum atomic E-state index is -2.58. The van der Waals surface area contributed by atoms with E-state index in [0.29, 0.717) is 11.8 Å². The van der Waals surface area contributed by atoms with Gasteiger partial charge in [0.15, 0.2) is 0 Å². The van der Waals surface area contributed by atoms with Crippen LogP contribution in [-0.2, 0) is 9.16 Å². The first-order valence-electron chi connectivity index (χ1n) is 11.8. The van der Waals surface area contributed by atoms with Gasteiger partial charge in [0.25, 0.3) is 8.32 Å². The standard InChI is InChI=1S/C27H30ClN3O2Si/c1-27(2,3)34(21-10-6-4-7-11-21,22-12-8-5-9-13-22)32-18-20-14-15-24(33-20)31-17-16-23-25(28)29-19-30-26(23)31/h4-13,16-17,19-20,24H,14-15,18H2,1-3H3/t20-,24+/m0/s1. The van der Waals surface area contributed by atoms with E-state index in [2.05, 4.69) is 96.0 Å². The van der Waals surface area contributed by atoms with Gasteiger partial charge in [0.1, 0.15) is 23.4 Å². The topological polar surface area (TPSA) is 49.2 Å². The maximum absolute atomic E-state index is 7.08. The fourth-order valence-electron chi connectivity index (χ4n) is 5.17. The molecular weight excluding hydrogens is 462 g/mol. The van der Waals surface area contributed by atoms with Crippen LogP contribution in [0.15, 0.2) is 79.3 Å². The molecule has 0 bridgehead atoms. The van der Waals surface area contributed by atoms with E-state index in [4.69, 9.17) is 20.8 Å². The highest BCUT2D eigenvalue weighted by Gasteiger charge is 2.50. The lowest BCUT2D eigenvalue weighted by Crippen LogP contribution is -2.67. The van der Waals surface area contributed by atoms with Gasteiger partial charge < -0.3 is 13.7 Å². The highest BCUT2D eigenvalue weighted by molar-refractivity contribution is 6.99.